The Bertz CT molecular complexity index is 991. The minimum atomic E-state index is -0.243. The van der Waals surface area contributed by atoms with Crippen LogP contribution in [-0.4, -0.2) is 70.4 Å². The number of hydrogen-bond donors (Lipinski definition) is 1. The van der Waals surface area contributed by atoms with Crippen molar-refractivity contribution in [2.75, 3.05) is 32.8 Å². The first kappa shape index (κ1) is 22.9. The van der Waals surface area contributed by atoms with Crippen LogP contribution in [0, 0.1) is 11.3 Å². The Kier molecular flexibility index (Phi) is 6.59. The predicted octanol–water partition coefficient (Wildman–Crippen LogP) is 3.21. The molecule has 1 aliphatic carbocycles. The van der Waals surface area contributed by atoms with Crippen LogP contribution in [0.4, 0.5) is 4.79 Å². The highest BCUT2D eigenvalue weighted by Gasteiger charge is 2.58. The zero-order valence-electron chi connectivity index (χ0n) is 20.0. The highest BCUT2D eigenvalue weighted by Crippen LogP contribution is 2.59. The van der Waals surface area contributed by atoms with Crippen molar-refractivity contribution in [3.63, 3.8) is 0 Å². The van der Waals surface area contributed by atoms with Crippen molar-refractivity contribution in [3.05, 3.63) is 48.3 Å². The summed E-state index contributed by atoms with van der Waals surface area (Å²) in [6.45, 7) is 6.47. The highest BCUT2D eigenvalue weighted by atomic mass is 16.6. The van der Waals surface area contributed by atoms with E-state index in [2.05, 4.69) is 33.6 Å². The molecular formula is C26H35N5O3. The number of para-hydroxylation sites is 1. The summed E-state index contributed by atoms with van der Waals surface area (Å²) < 4.78 is 7.01. The molecule has 8 heteroatoms. The molecule has 2 aliphatic heterocycles. The fourth-order valence-corrected chi connectivity index (χ4v) is 5.57. The molecule has 2 saturated heterocycles. The van der Waals surface area contributed by atoms with Gasteiger partial charge in [0.15, 0.2) is 0 Å². The standard InChI is InChI=1S/C26H35N5O3/c1-2-34-25(33)30-12-8-21(9-13-30)28-24(32)23-16-26(23)10-14-29(15-11-26)18-20-17-27-31(19-20)22-6-4-3-5-7-22/h3-7,17,19,21,23H,2,8-16,18H2,1H3,(H,28,32)/t23-/m0/s1. The molecule has 1 atom stereocenters. The molecule has 0 radical (unpaired) electrons. The van der Waals surface area contributed by atoms with Crippen LogP contribution in [0.3, 0.4) is 0 Å². The van der Waals surface area contributed by atoms with E-state index in [1.165, 1.54) is 5.56 Å². The van der Waals surface area contributed by atoms with Crippen LogP contribution in [0.25, 0.3) is 5.69 Å². The Morgan fingerprint density at radius 2 is 1.85 bits per heavy atom. The number of nitrogens with one attached hydrogen (secondary N) is 1. The lowest BCUT2D eigenvalue weighted by atomic mass is 9.90. The average Bonchev–Trinajstić information content (AvgIpc) is 3.36. The van der Waals surface area contributed by atoms with Gasteiger partial charge in [0.1, 0.15) is 0 Å². The van der Waals surface area contributed by atoms with Gasteiger partial charge in [0, 0.05) is 43.4 Å². The van der Waals surface area contributed by atoms with Crippen LogP contribution in [0.15, 0.2) is 42.7 Å². The van der Waals surface area contributed by atoms with Gasteiger partial charge in [0.25, 0.3) is 0 Å². The van der Waals surface area contributed by atoms with Gasteiger partial charge < -0.3 is 15.0 Å². The molecule has 3 heterocycles. The lowest BCUT2D eigenvalue weighted by Crippen LogP contribution is -2.47. The van der Waals surface area contributed by atoms with Crippen LogP contribution < -0.4 is 5.32 Å². The summed E-state index contributed by atoms with van der Waals surface area (Å²) in [6.07, 6.45) is 8.60. The Balaban J connectivity index is 1.05. The lowest BCUT2D eigenvalue weighted by molar-refractivity contribution is -0.124. The minimum Gasteiger partial charge on any atom is -0.450 e. The maximum atomic E-state index is 12.9. The van der Waals surface area contributed by atoms with Gasteiger partial charge in [0.05, 0.1) is 18.5 Å². The maximum Gasteiger partial charge on any atom is 0.409 e. The first-order chi connectivity index (χ1) is 16.6. The molecule has 3 fully saturated rings. The predicted molar refractivity (Wildman–Crippen MR) is 128 cm³/mol. The van der Waals surface area contributed by atoms with Gasteiger partial charge >= 0.3 is 6.09 Å². The van der Waals surface area contributed by atoms with Gasteiger partial charge in [-0.3, -0.25) is 9.69 Å². The summed E-state index contributed by atoms with van der Waals surface area (Å²) in [5.74, 6) is 0.366. The normalized spacial score (nSPS) is 22.5. The maximum absolute atomic E-state index is 12.9. The van der Waals surface area contributed by atoms with Crippen molar-refractivity contribution in [2.24, 2.45) is 11.3 Å². The molecule has 1 aromatic carbocycles. The largest absolute Gasteiger partial charge is 0.450 e. The third kappa shape index (κ3) is 4.97. The quantitative estimate of drug-likeness (QED) is 0.709. The summed E-state index contributed by atoms with van der Waals surface area (Å²) in [7, 11) is 0. The monoisotopic (exact) mass is 465 g/mol. The second-order valence-electron chi connectivity index (χ2n) is 9.99. The molecule has 2 amide bonds. The fourth-order valence-electron chi connectivity index (χ4n) is 5.57. The van der Waals surface area contributed by atoms with Gasteiger partial charge in [-0.2, -0.15) is 5.10 Å². The van der Waals surface area contributed by atoms with E-state index in [0.29, 0.717) is 19.7 Å². The number of rotatable bonds is 6. The van der Waals surface area contributed by atoms with Crippen LogP contribution in [0.1, 0.15) is 44.6 Å². The Labute approximate surface area is 201 Å². The summed E-state index contributed by atoms with van der Waals surface area (Å²) in [5.41, 5.74) is 2.49. The average molecular weight is 466 g/mol. The second-order valence-corrected chi connectivity index (χ2v) is 9.99. The highest BCUT2D eigenvalue weighted by molar-refractivity contribution is 5.83. The van der Waals surface area contributed by atoms with Gasteiger partial charge in [-0.25, -0.2) is 9.48 Å². The van der Waals surface area contributed by atoms with Gasteiger partial charge in [0.2, 0.25) is 5.91 Å². The summed E-state index contributed by atoms with van der Waals surface area (Å²) in [6, 6.07) is 10.3. The van der Waals surface area contributed by atoms with Crippen molar-refractivity contribution in [1.29, 1.82) is 0 Å². The zero-order valence-corrected chi connectivity index (χ0v) is 20.0. The Hall–Kier alpha value is -2.87. The molecule has 1 N–H and O–H groups in total. The van der Waals surface area contributed by atoms with Crippen molar-refractivity contribution in [2.45, 2.75) is 51.6 Å². The topological polar surface area (TPSA) is 79.7 Å². The molecule has 182 valence electrons. The number of amides is 2. The van der Waals surface area contributed by atoms with Crippen molar-refractivity contribution in [3.8, 4) is 5.69 Å². The Morgan fingerprint density at radius 1 is 1.12 bits per heavy atom. The van der Waals surface area contributed by atoms with E-state index in [9.17, 15) is 9.59 Å². The summed E-state index contributed by atoms with van der Waals surface area (Å²) in [5, 5.41) is 7.79. The van der Waals surface area contributed by atoms with E-state index >= 15 is 0 Å². The van der Waals surface area contributed by atoms with Crippen molar-refractivity contribution >= 4 is 12.0 Å². The van der Waals surface area contributed by atoms with E-state index < -0.39 is 0 Å². The third-order valence-corrected chi connectivity index (χ3v) is 7.79. The smallest absolute Gasteiger partial charge is 0.409 e. The zero-order chi connectivity index (χ0) is 23.5. The number of hydrogen-bond acceptors (Lipinski definition) is 5. The van der Waals surface area contributed by atoms with Crippen molar-refractivity contribution in [1.82, 2.24) is 24.9 Å². The number of benzene rings is 1. The number of aromatic nitrogens is 2. The molecule has 0 bridgehead atoms. The summed E-state index contributed by atoms with van der Waals surface area (Å²) in [4.78, 5) is 29.0. The SMILES string of the molecule is CCOC(=O)N1CCC(NC(=O)[C@@H]2CC23CCN(Cc2cnn(-c4ccccc4)c2)CC3)CC1. The number of ether oxygens (including phenoxy) is 1. The number of nitrogens with zero attached hydrogens (tertiary/aromatic N) is 4. The van der Waals surface area contributed by atoms with E-state index in [-0.39, 0.29) is 29.4 Å². The number of carbonyl (C=O) groups is 2. The number of piperidine rings is 2. The molecule has 1 aromatic heterocycles. The molecule has 1 saturated carbocycles. The lowest BCUT2D eigenvalue weighted by Gasteiger charge is -2.33. The minimum absolute atomic E-state index is 0.151. The van der Waals surface area contributed by atoms with E-state index in [1.807, 2.05) is 36.0 Å². The molecular weight excluding hydrogens is 430 g/mol. The molecule has 0 unspecified atom stereocenters. The van der Waals surface area contributed by atoms with Crippen LogP contribution in [0.2, 0.25) is 0 Å². The first-order valence-corrected chi connectivity index (χ1v) is 12.6. The molecule has 8 nitrogen and oxygen atoms in total. The molecule has 2 aromatic rings. The first-order valence-electron chi connectivity index (χ1n) is 12.6. The van der Waals surface area contributed by atoms with Crippen LogP contribution in [-0.2, 0) is 16.1 Å². The van der Waals surface area contributed by atoms with Crippen LogP contribution in [0.5, 0.6) is 0 Å². The molecule has 3 aliphatic rings. The van der Waals surface area contributed by atoms with Crippen molar-refractivity contribution < 1.29 is 14.3 Å². The second kappa shape index (κ2) is 9.78. The van der Waals surface area contributed by atoms with E-state index in [1.54, 1.807) is 4.90 Å². The van der Waals surface area contributed by atoms with Gasteiger partial charge in [-0.1, -0.05) is 18.2 Å². The Morgan fingerprint density at radius 3 is 2.56 bits per heavy atom. The van der Waals surface area contributed by atoms with Gasteiger partial charge in [-0.15, -0.1) is 0 Å². The number of likely N-dealkylation sites (tertiary alicyclic amines) is 2. The number of carbonyl (C=O) groups excluding carboxylic acids is 2. The molecule has 1 spiro atoms. The molecule has 5 rings (SSSR count). The molecule has 34 heavy (non-hydrogen) atoms. The van der Waals surface area contributed by atoms with Gasteiger partial charge in [-0.05, 0) is 69.7 Å². The fraction of sp³-hybridized carbons (Fsp3) is 0.577. The van der Waals surface area contributed by atoms with E-state index in [0.717, 1.165) is 57.4 Å². The summed E-state index contributed by atoms with van der Waals surface area (Å²) >= 11 is 0. The third-order valence-electron chi connectivity index (χ3n) is 7.79. The van der Waals surface area contributed by atoms with Crippen LogP contribution >= 0.6 is 0 Å². The van der Waals surface area contributed by atoms with E-state index in [4.69, 9.17) is 4.74 Å².